The average molecular weight is 465 g/mol. The summed E-state index contributed by atoms with van der Waals surface area (Å²) in [5.41, 5.74) is 3.21. The molecule has 0 unspecified atom stereocenters. The van der Waals surface area contributed by atoms with E-state index in [-0.39, 0.29) is 17.7 Å². The first kappa shape index (κ1) is 22.0. The average Bonchev–Trinajstić information content (AvgIpc) is 3.12. The summed E-state index contributed by atoms with van der Waals surface area (Å²) >= 11 is 7.57. The van der Waals surface area contributed by atoms with Gasteiger partial charge in [-0.3, -0.25) is 14.6 Å². The van der Waals surface area contributed by atoms with Crippen molar-refractivity contribution in [3.05, 3.63) is 75.8 Å². The van der Waals surface area contributed by atoms with Crippen LogP contribution >= 0.6 is 23.4 Å². The number of hydrogen-bond donors (Lipinski definition) is 2. The van der Waals surface area contributed by atoms with Gasteiger partial charge in [-0.15, -0.1) is 0 Å². The molecule has 0 saturated carbocycles. The Hall–Kier alpha value is -3.16. The summed E-state index contributed by atoms with van der Waals surface area (Å²) in [5, 5.41) is 7.58. The third-order valence-electron chi connectivity index (χ3n) is 4.80. The van der Waals surface area contributed by atoms with Crippen LogP contribution in [0, 0.1) is 5.92 Å². The maximum atomic E-state index is 12.5. The standard InChI is InChI=1S/C24H21ClN4O2S/c1-14(2)22(30)27-13-16-5-7-18(25)20(11-16)28-24-29-23(31)21(32-24)12-15-6-8-19-17(10-15)4-3-9-26-19/h3-12,14H,13H2,1-2H3,(H,27,30)(H,28,29,31)/b21-12-. The first-order valence-corrected chi connectivity index (χ1v) is 11.3. The minimum atomic E-state index is -0.212. The molecule has 2 N–H and O–H groups in total. The summed E-state index contributed by atoms with van der Waals surface area (Å²) < 4.78 is 0. The van der Waals surface area contributed by atoms with Crippen LogP contribution in [0.25, 0.3) is 17.0 Å². The first-order valence-electron chi connectivity index (χ1n) is 10.1. The van der Waals surface area contributed by atoms with Crippen molar-refractivity contribution in [2.45, 2.75) is 20.4 Å². The fourth-order valence-electron chi connectivity index (χ4n) is 3.07. The zero-order chi connectivity index (χ0) is 22.7. The summed E-state index contributed by atoms with van der Waals surface area (Å²) in [6.45, 7) is 4.07. The molecule has 0 atom stereocenters. The third-order valence-corrected chi connectivity index (χ3v) is 6.03. The van der Waals surface area contributed by atoms with Crippen molar-refractivity contribution < 1.29 is 9.59 Å². The summed E-state index contributed by atoms with van der Waals surface area (Å²) in [4.78, 5) is 33.7. The van der Waals surface area contributed by atoms with Crippen molar-refractivity contribution in [2.75, 3.05) is 0 Å². The van der Waals surface area contributed by atoms with E-state index in [1.165, 1.54) is 11.8 Å². The summed E-state index contributed by atoms with van der Waals surface area (Å²) in [6.07, 6.45) is 3.58. The Balaban J connectivity index is 1.53. The number of carbonyl (C=O) groups is 2. The van der Waals surface area contributed by atoms with Gasteiger partial charge in [0.15, 0.2) is 5.17 Å². The molecule has 0 aliphatic carbocycles. The lowest BCUT2D eigenvalue weighted by atomic mass is 10.1. The van der Waals surface area contributed by atoms with Crippen LogP contribution in [0.1, 0.15) is 25.0 Å². The molecule has 2 aromatic carbocycles. The number of nitrogens with zero attached hydrogens (tertiary/aromatic N) is 2. The van der Waals surface area contributed by atoms with Crippen LogP contribution in [0.15, 0.2) is 64.6 Å². The number of hydrogen-bond acceptors (Lipinski definition) is 5. The van der Waals surface area contributed by atoms with Gasteiger partial charge in [-0.1, -0.05) is 43.6 Å². The van der Waals surface area contributed by atoms with Crippen molar-refractivity contribution in [3.63, 3.8) is 0 Å². The number of amidine groups is 1. The van der Waals surface area contributed by atoms with Gasteiger partial charge in [0.05, 0.1) is 21.1 Å². The lowest BCUT2D eigenvalue weighted by molar-refractivity contribution is -0.124. The third kappa shape index (κ3) is 5.18. The second-order valence-corrected chi connectivity index (χ2v) is 9.03. The number of carbonyl (C=O) groups excluding carboxylic acids is 2. The molecule has 2 amide bonds. The number of thioether (sulfide) groups is 1. The van der Waals surface area contributed by atoms with E-state index in [1.54, 1.807) is 18.3 Å². The Bertz CT molecular complexity index is 1270. The Kier molecular flexibility index (Phi) is 6.58. The van der Waals surface area contributed by atoms with E-state index < -0.39 is 0 Å². The SMILES string of the molecule is CC(C)C(=O)NCc1ccc(Cl)c(N=C2NC(=O)/C(=C/c3ccc4ncccc4c3)S2)c1. The van der Waals surface area contributed by atoms with Gasteiger partial charge in [-0.2, -0.15) is 0 Å². The van der Waals surface area contributed by atoms with E-state index in [4.69, 9.17) is 11.6 Å². The van der Waals surface area contributed by atoms with Crippen molar-refractivity contribution in [2.24, 2.45) is 10.9 Å². The predicted octanol–water partition coefficient (Wildman–Crippen LogP) is 5.05. The molecule has 8 heteroatoms. The molecular weight excluding hydrogens is 444 g/mol. The highest BCUT2D eigenvalue weighted by molar-refractivity contribution is 8.18. The molecule has 4 rings (SSSR count). The highest BCUT2D eigenvalue weighted by atomic mass is 35.5. The summed E-state index contributed by atoms with van der Waals surface area (Å²) in [6, 6.07) is 15.1. The Labute approximate surface area is 195 Å². The molecule has 6 nitrogen and oxygen atoms in total. The van der Waals surface area contributed by atoms with Crippen LogP contribution in [-0.4, -0.2) is 22.0 Å². The normalized spacial score (nSPS) is 16.2. The van der Waals surface area contributed by atoms with Gasteiger partial charge < -0.3 is 10.6 Å². The van der Waals surface area contributed by atoms with Crippen LogP contribution in [0.2, 0.25) is 5.02 Å². The topological polar surface area (TPSA) is 83.5 Å². The molecule has 1 aliphatic rings. The molecule has 1 saturated heterocycles. The molecule has 0 radical (unpaired) electrons. The number of benzene rings is 2. The number of pyridine rings is 1. The number of nitrogens with one attached hydrogen (secondary N) is 2. The van der Waals surface area contributed by atoms with Gasteiger partial charge in [0.2, 0.25) is 5.91 Å². The Morgan fingerprint density at radius 1 is 1.25 bits per heavy atom. The van der Waals surface area contributed by atoms with Crippen molar-refractivity contribution in [3.8, 4) is 0 Å². The van der Waals surface area contributed by atoms with Gasteiger partial charge in [0.1, 0.15) is 0 Å². The summed E-state index contributed by atoms with van der Waals surface area (Å²) in [5.74, 6) is -0.321. The molecule has 32 heavy (non-hydrogen) atoms. The van der Waals surface area contributed by atoms with E-state index in [0.29, 0.717) is 27.3 Å². The van der Waals surface area contributed by atoms with E-state index in [9.17, 15) is 9.59 Å². The van der Waals surface area contributed by atoms with Crippen molar-refractivity contribution in [1.29, 1.82) is 0 Å². The maximum absolute atomic E-state index is 12.5. The van der Waals surface area contributed by atoms with Gasteiger partial charge >= 0.3 is 0 Å². The second kappa shape index (κ2) is 9.54. The highest BCUT2D eigenvalue weighted by Gasteiger charge is 2.24. The molecule has 0 bridgehead atoms. The predicted molar refractivity (Wildman–Crippen MR) is 131 cm³/mol. The molecule has 2 heterocycles. The number of aliphatic imine (C=N–C) groups is 1. The van der Waals surface area contributed by atoms with E-state index in [2.05, 4.69) is 20.6 Å². The number of halogens is 1. The van der Waals surface area contributed by atoms with Crippen LogP contribution < -0.4 is 10.6 Å². The van der Waals surface area contributed by atoms with E-state index >= 15 is 0 Å². The minimum Gasteiger partial charge on any atom is -0.352 e. The van der Waals surface area contributed by atoms with Gasteiger partial charge in [-0.25, -0.2) is 4.99 Å². The first-order chi connectivity index (χ1) is 15.4. The quantitative estimate of drug-likeness (QED) is 0.517. The Morgan fingerprint density at radius 2 is 2.09 bits per heavy atom. The number of aromatic nitrogens is 1. The largest absolute Gasteiger partial charge is 0.352 e. The zero-order valence-electron chi connectivity index (χ0n) is 17.6. The van der Waals surface area contributed by atoms with Gasteiger partial charge in [0, 0.05) is 24.0 Å². The summed E-state index contributed by atoms with van der Waals surface area (Å²) in [7, 11) is 0. The van der Waals surface area contributed by atoms with E-state index in [0.717, 1.165) is 22.0 Å². The van der Waals surface area contributed by atoms with Crippen LogP contribution in [0.3, 0.4) is 0 Å². The molecule has 0 spiro atoms. The van der Waals surface area contributed by atoms with E-state index in [1.807, 2.05) is 56.3 Å². The van der Waals surface area contributed by atoms with Crippen LogP contribution in [0.4, 0.5) is 5.69 Å². The smallest absolute Gasteiger partial charge is 0.264 e. The maximum Gasteiger partial charge on any atom is 0.264 e. The van der Waals surface area contributed by atoms with Gasteiger partial charge in [-0.05, 0) is 59.3 Å². The van der Waals surface area contributed by atoms with Crippen LogP contribution in [0.5, 0.6) is 0 Å². The minimum absolute atomic E-state index is 0.0225. The molecule has 1 fully saturated rings. The lowest BCUT2D eigenvalue weighted by Crippen LogP contribution is -2.27. The number of amides is 2. The monoisotopic (exact) mass is 464 g/mol. The zero-order valence-corrected chi connectivity index (χ0v) is 19.1. The van der Waals surface area contributed by atoms with Gasteiger partial charge in [0.25, 0.3) is 5.91 Å². The molecule has 162 valence electrons. The number of rotatable bonds is 5. The molecule has 3 aromatic rings. The lowest BCUT2D eigenvalue weighted by Gasteiger charge is -2.09. The molecular formula is C24H21ClN4O2S. The fraction of sp³-hybridized carbons (Fsp3) is 0.167. The fourth-order valence-corrected chi connectivity index (χ4v) is 4.07. The molecule has 1 aromatic heterocycles. The molecule has 1 aliphatic heterocycles. The number of fused-ring (bicyclic) bond motifs is 1. The highest BCUT2D eigenvalue weighted by Crippen LogP contribution is 2.32. The van der Waals surface area contributed by atoms with Crippen LogP contribution in [-0.2, 0) is 16.1 Å². The Morgan fingerprint density at radius 3 is 2.91 bits per heavy atom. The van der Waals surface area contributed by atoms with Crippen molar-refractivity contribution >= 4 is 63.0 Å². The van der Waals surface area contributed by atoms with Crippen molar-refractivity contribution in [1.82, 2.24) is 15.6 Å². The second-order valence-electron chi connectivity index (χ2n) is 7.60.